The van der Waals surface area contributed by atoms with E-state index in [4.69, 9.17) is 0 Å². The SMILES string of the molecule is O=C(NS(=O)(=O)c1ccccc1F)c1cn(CC2CCC2)nn1. The molecule has 1 heterocycles. The molecule has 0 unspecified atom stereocenters. The molecule has 2 aromatic rings. The fourth-order valence-corrected chi connectivity index (χ4v) is 3.36. The highest BCUT2D eigenvalue weighted by Crippen LogP contribution is 2.27. The number of aromatic nitrogens is 3. The Morgan fingerprint density at radius 3 is 2.74 bits per heavy atom. The van der Waals surface area contributed by atoms with Gasteiger partial charge in [-0.2, -0.15) is 0 Å². The average Bonchev–Trinajstić information content (AvgIpc) is 2.91. The first-order valence-electron chi connectivity index (χ1n) is 7.17. The quantitative estimate of drug-likeness (QED) is 0.888. The monoisotopic (exact) mass is 338 g/mol. The van der Waals surface area contributed by atoms with Crippen molar-refractivity contribution >= 4 is 15.9 Å². The number of benzene rings is 1. The van der Waals surface area contributed by atoms with Gasteiger partial charge in [-0.25, -0.2) is 17.5 Å². The first-order valence-corrected chi connectivity index (χ1v) is 8.66. The summed E-state index contributed by atoms with van der Waals surface area (Å²) in [7, 11) is -4.30. The lowest BCUT2D eigenvalue weighted by molar-refractivity contribution is 0.0976. The van der Waals surface area contributed by atoms with Gasteiger partial charge in [-0.05, 0) is 30.9 Å². The third-order valence-electron chi connectivity index (χ3n) is 3.79. The summed E-state index contributed by atoms with van der Waals surface area (Å²) in [5.41, 5.74) is -0.121. The van der Waals surface area contributed by atoms with Gasteiger partial charge in [-0.3, -0.25) is 9.48 Å². The summed E-state index contributed by atoms with van der Waals surface area (Å²) in [5.74, 6) is -1.34. The molecule has 3 rings (SSSR count). The highest BCUT2D eigenvalue weighted by atomic mass is 32.2. The van der Waals surface area contributed by atoms with Crippen LogP contribution in [-0.2, 0) is 16.6 Å². The molecule has 1 aliphatic rings. The van der Waals surface area contributed by atoms with Crippen LogP contribution >= 0.6 is 0 Å². The fraction of sp³-hybridized carbons (Fsp3) is 0.357. The summed E-state index contributed by atoms with van der Waals surface area (Å²) in [6, 6.07) is 4.82. The van der Waals surface area contributed by atoms with E-state index < -0.39 is 26.6 Å². The van der Waals surface area contributed by atoms with E-state index in [0.717, 1.165) is 25.0 Å². The number of nitrogens with zero attached hydrogens (tertiary/aromatic N) is 3. The number of amides is 1. The average molecular weight is 338 g/mol. The number of hydrogen-bond acceptors (Lipinski definition) is 5. The molecule has 9 heteroatoms. The number of sulfonamides is 1. The maximum Gasteiger partial charge on any atom is 0.287 e. The summed E-state index contributed by atoms with van der Waals surface area (Å²) in [4.78, 5) is 11.4. The van der Waals surface area contributed by atoms with Gasteiger partial charge in [0.05, 0.1) is 6.20 Å². The van der Waals surface area contributed by atoms with Crippen LogP contribution in [0.4, 0.5) is 4.39 Å². The molecular weight excluding hydrogens is 323 g/mol. The predicted octanol–water partition coefficient (Wildman–Crippen LogP) is 1.34. The Bertz CT molecular complexity index is 830. The van der Waals surface area contributed by atoms with Crippen LogP contribution in [0.3, 0.4) is 0 Å². The third-order valence-corrected chi connectivity index (χ3v) is 5.16. The minimum absolute atomic E-state index is 0.121. The van der Waals surface area contributed by atoms with Crippen molar-refractivity contribution in [2.45, 2.75) is 30.7 Å². The van der Waals surface area contributed by atoms with E-state index >= 15 is 0 Å². The highest BCUT2D eigenvalue weighted by Gasteiger charge is 2.24. The molecule has 122 valence electrons. The molecule has 1 saturated carbocycles. The van der Waals surface area contributed by atoms with E-state index in [1.165, 1.54) is 29.4 Å². The maximum atomic E-state index is 13.6. The molecule has 1 aliphatic carbocycles. The molecule has 0 radical (unpaired) electrons. The normalized spacial score (nSPS) is 15.2. The number of halogens is 1. The van der Waals surface area contributed by atoms with E-state index in [2.05, 4.69) is 10.3 Å². The number of carbonyl (C=O) groups is 1. The van der Waals surface area contributed by atoms with Crippen LogP contribution in [0.25, 0.3) is 0 Å². The topological polar surface area (TPSA) is 94.0 Å². The van der Waals surface area contributed by atoms with Gasteiger partial charge in [0.15, 0.2) is 5.69 Å². The Hall–Kier alpha value is -2.29. The summed E-state index contributed by atoms with van der Waals surface area (Å²) < 4.78 is 41.0. The zero-order valence-electron chi connectivity index (χ0n) is 12.1. The summed E-state index contributed by atoms with van der Waals surface area (Å²) in [6.45, 7) is 0.653. The standard InChI is InChI=1S/C14H15FN4O3S/c15-11-6-1-2-7-13(11)23(21,22)17-14(20)12-9-19(18-16-12)8-10-4-3-5-10/h1-2,6-7,9-10H,3-5,8H2,(H,17,20). The molecule has 1 aromatic carbocycles. The molecule has 1 N–H and O–H groups in total. The van der Waals surface area contributed by atoms with E-state index in [9.17, 15) is 17.6 Å². The van der Waals surface area contributed by atoms with Crippen molar-refractivity contribution in [2.24, 2.45) is 5.92 Å². The second-order valence-electron chi connectivity index (χ2n) is 5.49. The van der Waals surface area contributed by atoms with Crippen molar-refractivity contribution < 1.29 is 17.6 Å². The lowest BCUT2D eigenvalue weighted by Gasteiger charge is -2.24. The van der Waals surface area contributed by atoms with Crippen molar-refractivity contribution in [2.75, 3.05) is 0 Å². The highest BCUT2D eigenvalue weighted by molar-refractivity contribution is 7.90. The Morgan fingerprint density at radius 1 is 1.35 bits per heavy atom. The van der Waals surface area contributed by atoms with Crippen molar-refractivity contribution in [3.05, 3.63) is 42.0 Å². The molecule has 7 nitrogen and oxygen atoms in total. The Balaban J connectivity index is 1.72. The zero-order valence-corrected chi connectivity index (χ0v) is 13.0. The summed E-state index contributed by atoms with van der Waals surface area (Å²) in [5, 5.41) is 7.49. The number of hydrogen-bond donors (Lipinski definition) is 1. The van der Waals surface area contributed by atoms with Gasteiger partial charge >= 0.3 is 0 Å². The molecule has 0 bridgehead atoms. The van der Waals surface area contributed by atoms with Crippen molar-refractivity contribution in [3.63, 3.8) is 0 Å². The smallest absolute Gasteiger partial charge is 0.266 e. The summed E-state index contributed by atoms with van der Waals surface area (Å²) in [6.07, 6.45) is 4.81. The molecule has 0 aliphatic heterocycles. The van der Waals surface area contributed by atoms with Gasteiger partial charge in [0.2, 0.25) is 0 Å². The van der Waals surface area contributed by atoms with Gasteiger partial charge in [0, 0.05) is 6.54 Å². The predicted molar refractivity (Wildman–Crippen MR) is 78.4 cm³/mol. The van der Waals surface area contributed by atoms with E-state index in [-0.39, 0.29) is 5.69 Å². The summed E-state index contributed by atoms with van der Waals surface area (Å²) >= 11 is 0. The van der Waals surface area contributed by atoms with Crippen molar-refractivity contribution in [1.29, 1.82) is 0 Å². The second-order valence-corrected chi connectivity index (χ2v) is 7.14. The van der Waals surface area contributed by atoms with Crippen LogP contribution in [0.5, 0.6) is 0 Å². The minimum Gasteiger partial charge on any atom is -0.266 e. The fourth-order valence-electron chi connectivity index (χ4n) is 2.32. The number of carbonyl (C=O) groups excluding carboxylic acids is 1. The molecule has 0 spiro atoms. The molecule has 1 aromatic heterocycles. The van der Waals surface area contributed by atoms with Crippen LogP contribution in [0.1, 0.15) is 29.8 Å². The van der Waals surface area contributed by atoms with Gasteiger partial charge < -0.3 is 0 Å². The van der Waals surface area contributed by atoms with Gasteiger partial charge in [-0.1, -0.05) is 23.8 Å². The van der Waals surface area contributed by atoms with Crippen LogP contribution in [0.2, 0.25) is 0 Å². The van der Waals surface area contributed by atoms with Crippen LogP contribution in [0, 0.1) is 11.7 Å². The largest absolute Gasteiger partial charge is 0.287 e. The maximum absolute atomic E-state index is 13.6. The molecule has 0 atom stereocenters. The number of rotatable bonds is 5. The third kappa shape index (κ3) is 3.39. The first-order chi connectivity index (χ1) is 11.0. The van der Waals surface area contributed by atoms with E-state index in [1.54, 1.807) is 4.72 Å². The Kier molecular flexibility index (Phi) is 4.12. The lowest BCUT2D eigenvalue weighted by Crippen LogP contribution is -2.31. The first kappa shape index (κ1) is 15.6. The lowest BCUT2D eigenvalue weighted by atomic mass is 9.85. The van der Waals surface area contributed by atoms with Crippen molar-refractivity contribution in [1.82, 2.24) is 19.7 Å². The second kappa shape index (κ2) is 6.07. The van der Waals surface area contributed by atoms with Crippen molar-refractivity contribution in [3.8, 4) is 0 Å². The molecule has 0 saturated heterocycles. The van der Waals surface area contributed by atoms with Gasteiger partial charge in [0.1, 0.15) is 10.7 Å². The zero-order chi connectivity index (χ0) is 16.4. The number of nitrogens with one attached hydrogen (secondary N) is 1. The molecule has 1 amide bonds. The minimum atomic E-state index is -4.30. The van der Waals surface area contributed by atoms with E-state index in [1.807, 2.05) is 0 Å². The van der Waals surface area contributed by atoms with Gasteiger partial charge in [0.25, 0.3) is 15.9 Å². The van der Waals surface area contributed by atoms with Crippen LogP contribution in [0.15, 0.2) is 35.4 Å². The van der Waals surface area contributed by atoms with Crippen LogP contribution < -0.4 is 4.72 Å². The van der Waals surface area contributed by atoms with E-state index in [0.29, 0.717) is 12.5 Å². The Labute approximate surface area is 132 Å². The molecule has 23 heavy (non-hydrogen) atoms. The molecular formula is C14H15FN4O3S. The Morgan fingerprint density at radius 2 is 2.09 bits per heavy atom. The van der Waals surface area contributed by atoms with Crippen LogP contribution in [-0.4, -0.2) is 29.3 Å². The molecule has 1 fully saturated rings. The van der Waals surface area contributed by atoms with Gasteiger partial charge in [-0.15, -0.1) is 5.10 Å².